The molecule has 0 aromatic heterocycles. The van der Waals surface area contributed by atoms with Crippen LogP contribution >= 0.6 is 0 Å². The average molecular weight is 224 g/mol. The first-order valence-electron chi connectivity index (χ1n) is 4.76. The summed E-state index contributed by atoms with van der Waals surface area (Å²) >= 11 is 0. The number of carbonyl (C=O) groups is 2. The van der Waals surface area contributed by atoms with E-state index in [0.29, 0.717) is 0 Å². The number of benzene rings is 1. The summed E-state index contributed by atoms with van der Waals surface area (Å²) in [5.41, 5.74) is 0.165. The third kappa shape index (κ3) is 2.73. The number of carboxylic acid groups (broad SMARTS) is 1. The van der Waals surface area contributed by atoms with Crippen molar-refractivity contribution in [1.29, 1.82) is 0 Å². The molecule has 0 aliphatic carbocycles. The molecule has 0 unspecified atom stereocenters. The minimum atomic E-state index is -1.12. The van der Waals surface area contributed by atoms with Crippen LogP contribution in [0.4, 0.5) is 0 Å². The van der Waals surface area contributed by atoms with Gasteiger partial charge < -0.3 is 14.9 Å². The van der Waals surface area contributed by atoms with E-state index >= 15 is 0 Å². The van der Waals surface area contributed by atoms with Crippen molar-refractivity contribution < 1.29 is 24.5 Å². The minimum absolute atomic E-state index is 0.0773. The Labute approximate surface area is 92.3 Å². The van der Waals surface area contributed by atoms with Crippen LogP contribution in [0.15, 0.2) is 18.2 Å². The zero-order valence-corrected chi connectivity index (χ0v) is 8.77. The molecular formula is C11H12O5. The number of aliphatic carboxylic acids is 1. The highest BCUT2D eigenvalue weighted by atomic mass is 16.5. The first kappa shape index (κ1) is 12.0. The van der Waals surface area contributed by atoms with Crippen molar-refractivity contribution in [2.75, 3.05) is 6.61 Å². The van der Waals surface area contributed by atoms with Crippen molar-refractivity contribution in [3.63, 3.8) is 0 Å². The lowest BCUT2D eigenvalue weighted by Crippen LogP contribution is -2.11. The predicted molar refractivity (Wildman–Crippen MR) is 55.4 cm³/mol. The van der Waals surface area contributed by atoms with Crippen molar-refractivity contribution in [2.24, 2.45) is 0 Å². The van der Waals surface area contributed by atoms with Gasteiger partial charge in [-0.2, -0.15) is 0 Å². The number of hydrogen-bond donors (Lipinski definition) is 2. The Balaban J connectivity index is 3.11. The molecule has 0 heterocycles. The molecule has 0 bridgehead atoms. The first-order chi connectivity index (χ1) is 7.56. The smallest absolute Gasteiger partial charge is 0.338 e. The van der Waals surface area contributed by atoms with Gasteiger partial charge in [0.25, 0.3) is 0 Å². The average Bonchev–Trinajstić information content (AvgIpc) is 2.20. The van der Waals surface area contributed by atoms with Gasteiger partial charge >= 0.3 is 11.9 Å². The van der Waals surface area contributed by atoms with Gasteiger partial charge in [0.2, 0.25) is 0 Å². The van der Waals surface area contributed by atoms with Crippen LogP contribution in [0.3, 0.4) is 0 Å². The number of hydrogen-bond acceptors (Lipinski definition) is 4. The molecule has 0 aliphatic heterocycles. The van der Waals surface area contributed by atoms with E-state index < -0.39 is 18.4 Å². The second-order valence-electron chi connectivity index (χ2n) is 3.09. The maximum Gasteiger partial charge on any atom is 0.338 e. The van der Waals surface area contributed by atoms with Gasteiger partial charge in [-0.3, -0.25) is 4.79 Å². The number of esters is 1. The van der Waals surface area contributed by atoms with E-state index in [4.69, 9.17) is 9.84 Å². The number of phenols is 1. The van der Waals surface area contributed by atoms with E-state index in [1.807, 2.05) is 0 Å². The van der Waals surface area contributed by atoms with Gasteiger partial charge in [-0.15, -0.1) is 0 Å². The number of carboxylic acids is 1. The molecule has 86 valence electrons. The summed E-state index contributed by atoms with van der Waals surface area (Å²) in [5, 5.41) is 18.2. The molecule has 1 aromatic carbocycles. The molecule has 0 fully saturated rings. The molecule has 0 saturated carbocycles. The molecule has 2 N–H and O–H groups in total. The molecule has 0 atom stereocenters. The summed E-state index contributed by atoms with van der Waals surface area (Å²) in [7, 11) is 0. The van der Waals surface area contributed by atoms with Crippen LogP contribution in [0.2, 0.25) is 0 Å². The molecule has 1 aromatic rings. The molecule has 0 aliphatic rings. The SMILES string of the molecule is CCOC(=O)c1cccc(O)c1CC(=O)O. The normalized spacial score (nSPS) is 9.81. The van der Waals surface area contributed by atoms with Crippen LogP contribution in [-0.4, -0.2) is 28.8 Å². The second-order valence-corrected chi connectivity index (χ2v) is 3.09. The Morgan fingerprint density at radius 1 is 1.38 bits per heavy atom. The highest BCUT2D eigenvalue weighted by Crippen LogP contribution is 2.22. The number of phenolic OH excluding ortho intramolecular Hbond substituents is 1. The zero-order valence-electron chi connectivity index (χ0n) is 8.77. The van der Waals surface area contributed by atoms with Gasteiger partial charge in [-0.1, -0.05) is 6.07 Å². The van der Waals surface area contributed by atoms with Gasteiger partial charge in [0.15, 0.2) is 0 Å². The summed E-state index contributed by atoms with van der Waals surface area (Å²) in [6.45, 7) is 1.85. The van der Waals surface area contributed by atoms with Crippen LogP contribution in [0.25, 0.3) is 0 Å². The first-order valence-corrected chi connectivity index (χ1v) is 4.76. The molecule has 0 amide bonds. The lowest BCUT2D eigenvalue weighted by atomic mass is 10.0. The molecular weight excluding hydrogens is 212 g/mol. The standard InChI is InChI=1S/C11H12O5/c1-2-16-11(15)7-4-3-5-9(12)8(7)6-10(13)14/h3-5,12H,2,6H2,1H3,(H,13,14). The maximum absolute atomic E-state index is 11.5. The van der Waals surface area contributed by atoms with Gasteiger partial charge in [-0.25, -0.2) is 4.79 Å². The van der Waals surface area contributed by atoms with E-state index in [0.717, 1.165) is 0 Å². The zero-order chi connectivity index (χ0) is 12.1. The molecule has 5 nitrogen and oxygen atoms in total. The predicted octanol–water partition coefficient (Wildman–Crippen LogP) is 1.20. The second kappa shape index (κ2) is 5.16. The molecule has 1 rings (SSSR count). The third-order valence-corrected chi connectivity index (χ3v) is 1.97. The Bertz CT molecular complexity index is 411. The summed E-state index contributed by atoms with van der Waals surface area (Å²) in [6, 6.07) is 4.23. The summed E-state index contributed by atoms with van der Waals surface area (Å²) < 4.78 is 4.76. The summed E-state index contributed by atoms with van der Waals surface area (Å²) in [6.07, 6.45) is -0.416. The fourth-order valence-corrected chi connectivity index (χ4v) is 1.31. The molecule has 16 heavy (non-hydrogen) atoms. The molecule has 0 saturated heterocycles. The Kier molecular flexibility index (Phi) is 3.88. The van der Waals surface area contributed by atoms with Crippen LogP contribution in [-0.2, 0) is 16.0 Å². The third-order valence-electron chi connectivity index (χ3n) is 1.97. The van der Waals surface area contributed by atoms with Crippen molar-refractivity contribution >= 4 is 11.9 Å². The highest BCUT2D eigenvalue weighted by Gasteiger charge is 2.17. The quantitative estimate of drug-likeness (QED) is 0.750. The Morgan fingerprint density at radius 2 is 2.06 bits per heavy atom. The molecule has 5 heteroatoms. The number of ether oxygens (including phenoxy) is 1. The van der Waals surface area contributed by atoms with E-state index in [1.54, 1.807) is 6.92 Å². The Morgan fingerprint density at radius 3 is 2.62 bits per heavy atom. The van der Waals surface area contributed by atoms with Gasteiger partial charge in [0, 0.05) is 5.56 Å². The highest BCUT2D eigenvalue weighted by molar-refractivity contribution is 5.93. The molecule has 0 spiro atoms. The van der Waals surface area contributed by atoms with Crippen LogP contribution in [0, 0.1) is 0 Å². The lowest BCUT2D eigenvalue weighted by Gasteiger charge is -2.08. The number of carbonyl (C=O) groups excluding carboxylic acids is 1. The van der Waals surface area contributed by atoms with E-state index in [-0.39, 0.29) is 23.5 Å². The van der Waals surface area contributed by atoms with E-state index in [2.05, 4.69) is 0 Å². The minimum Gasteiger partial charge on any atom is -0.508 e. The Hall–Kier alpha value is -2.04. The van der Waals surface area contributed by atoms with Crippen LogP contribution in [0.1, 0.15) is 22.8 Å². The number of rotatable bonds is 4. The monoisotopic (exact) mass is 224 g/mol. The summed E-state index contributed by atoms with van der Waals surface area (Å²) in [4.78, 5) is 22.1. The maximum atomic E-state index is 11.5. The van der Waals surface area contributed by atoms with Gasteiger partial charge in [-0.05, 0) is 19.1 Å². The number of aromatic hydroxyl groups is 1. The molecule has 0 radical (unpaired) electrons. The van der Waals surface area contributed by atoms with E-state index in [1.165, 1.54) is 18.2 Å². The van der Waals surface area contributed by atoms with Gasteiger partial charge in [0.05, 0.1) is 18.6 Å². The van der Waals surface area contributed by atoms with Crippen molar-refractivity contribution in [2.45, 2.75) is 13.3 Å². The van der Waals surface area contributed by atoms with E-state index in [9.17, 15) is 14.7 Å². The van der Waals surface area contributed by atoms with Crippen LogP contribution < -0.4 is 0 Å². The summed E-state index contributed by atoms with van der Waals surface area (Å²) in [5.74, 6) is -1.96. The van der Waals surface area contributed by atoms with Crippen molar-refractivity contribution in [3.05, 3.63) is 29.3 Å². The van der Waals surface area contributed by atoms with Gasteiger partial charge in [0.1, 0.15) is 5.75 Å². The largest absolute Gasteiger partial charge is 0.508 e. The lowest BCUT2D eigenvalue weighted by molar-refractivity contribution is -0.136. The fourth-order valence-electron chi connectivity index (χ4n) is 1.31. The van der Waals surface area contributed by atoms with Crippen LogP contribution in [0.5, 0.6) is 5.75 Å². The van der Waals surface area contributed by atoms with Crippen molar-refractivity contribution in [3.8, 4) is 5.75 Å². The topological polar surface area (TPSA) is 83.8 Å². The van der Waals surface area contributed by atoms with Crippen molar-refractivity contribution in [1.82, 2.24) is 0 Å². The fraction of sp³-hybridized carbons (Fsp3) is 0.273.